The van der Waals surface area contributed by atoms with Gasteiger partial charge in [-0.25, -0.2) is 0 Å². The maximum absolute atomic E-state index is 10.2. The van der Waals surface area contributed by atoms with Gasteiger partial charge in [-0.1, -0.05) is 42.5 Å². The molecular weight excluding hydrogens is 497 g/mol. The highest BCUT2D eigenvalue weighted by Crippen LogP contribution is 2.15. The Kier molecular flexibility index (Phi) is 13.0. The van der Waals surface area contributed by atoms with Gasteiger partial charge < -0.3 is 20.1 Å². The molecule has 2 aromatic carbocycles. The molecule has 0 spiro atoms. The second-order valence-corrected chi connectivity index (χ2v) is 7.43. The van der Waals surface area contributed by atoms with E-state index >= 15 is 0 Å². The monoisotopic (exact) mass is 529 g/mol. The summed E-state index contributed by atoms with van der Waals surface area (Å²) in [5, 5.41) is 13.5. The quantitative estimate of drug-likeness (QED) is 0.211. The van der Waals surface area contributed by atoms with Crippen LogP contribution < -0.4 is 5.32 Å². The minimum Gasteiger partial charge on any atom is -0.389 e. The largest absolute Gasteiger partial charge is 0.389 e. The van der Waals surface area contributed by atoms with Crippen LogP contribution in [0.2, 0.25) is 0 Å². The molecule has 0 amide bonds. The summed E-state index contributed by atoms with van der Waals surface area (Å²) in [6.45, 7) is 4.62. The zero-order valence-corrected chi connectivity index (χ0v) is 20.5. The van der Waals surface area contributed by atoms with E-state index in [2.05, 4.69) is 45.7 Å². The SMILES string of the molecule is CCNC(=NCC(O)COCc1ccccc1)N(C)Cc1ccc(SC)cc1.I. The van der Waals surface area contributed by atoms with E-state index in [-0.39, 0.29) is 30.6 Å². The van der Waals surface area contributed by atoms with Crippen molar-refractivity contribution in [2.45, 2.75) is 31.1 Å². The van der Waals surface area contributed by atoms with E-state index in [0.29, 0.717) is 13.2 Å². The summed E-state index contributed by atoms with van der Waals surface area (Å²) in [4.78, 5) is 7.89. The van der Waals surface area contributed by atoms with Crippen molar-refractivity contribution in [1.29, 1.82) is 0 Å². The number of aliphatic imine (C=N–C) groups is 1. The normalized spacial score (nSPS) is 12.2. The molecule has 0 bridgehead atoms. The number of ether oxygens (including phenoxy) is 1. The van der Waals surface area contributed by atoms with Gasteiger partial charge in [0.15, 0.2) is 5.96 Å². The lowest BCUT2D eigenvalue weighted by molar-refractivity contribution is 0.0330. The van der Waals surface area contributed by atoms with Gasteiger partial charge in [0.1, 0.15) is 0 Å². The molecule has 29 heavy (non-hydrogen) atoms. The molecular formula is C22H32IN3O2S. The van der Waals surface area contributed by atoms with Gasteiger partial charge in [0, 0.05) is 25.0 Å². The van der Waals surface area contributed by atoms with Crippen LogP contribution in [0.3, 0.4) is 0 Å². The van der Waals surface area contributed by atoms with Crippen LogP contribution >= 0.6 is 35.7 Å². The maximum atomic E-state index is 10.2. The van der Waals surface area contributed by atoms with Crippen molar-refractivity contribution in [3.63, 3.8) is 0 Å². The third-order valence-corrected chi connectivity index (χ3v) is 4.89. The second-order valence-electron chi connectivity index (χ2n) is 6.55. The zero-order chi connectivity index (χ0) is 20.2. The fourth-order valence-corrected chi connectivity index (χ4v) is 3.09. The van der Waals surface area contributed by atoms with Crippen molar-refractivity contribution < 1.29 is 9.84 Å². The third kappa shape index (κ3) is 9.84. The van der Waals surface area contributed by atoms with Crippen molar-refractivity contribution >= 4 is 41.7 Å². The lowest BCUT2D eigenvalue weighted by Gasteiger charge is -2.22. The predicted octanol–water partition coefficient (Wildman–Crippen LogP) is 4.00. The molecule has 0 aromatic heterocycles. The Labute approximate surface area is 196 Å². The molecule has 1 unspecified atom stereocenters. The average Bonchev–Trinajstić information content (AvgIpc) is 2.72. The third-order valence-electron chi connectivity index (χ3n) is 4.15. The van der Waals surface area contributed by atoms with Crippen molar-refractivity contribution in [2.75, 3.05) is 33.0 Å². The molecule has 0 aliphatic heterocycles. The number of rotatable bonds is 10. The lowest BCUT2D eigenvalue weighted by atomic mass is 10.2. The molecule has 1 atom stereocenters. The number of nitrogens with zero attached hydrogens (tertiary/aromatic N) is 2. The van der Waals surface area contributed by atoms with Gasteiger partial charge in [0.25, 0.3) is 0 Å². The van der Waals surface area contributed by atoms with Crippen LogP contribution in [-0.2, 0) is 17.9 Å². The number of hydrogen-bond acceptors (Lipinski definition) is 4. The summed E-state index contributed by atoms with van der Waals surface area (Å²) in [5.41, 5.74) is 2.32. The van der Waals surface area contributed by atoms with Crippen LogP contribution in [-0.4, -0.2) is 55.1 Å². The molecule has 5 nitrogen and oxygen atoms in total. The fourth-order valence-electron chi connectivity index (χ4n) is 2.68. The Balaban J connectivity index is 0.00000420. The van der Waals surface area contributed by atoms with Crippen molar-refractivity contribution in [3.05, 3.63) is 65.7 Å². The minimum absolute atomic E-state index is 0. The van der Waals surface area contributed by atoms with E-state index in [9.17, 15) is 5.11 Å². The summed E-state index contributed by atoms with van der Waals surface area (Å²) < 4.78 is 5.60. The molecule has 160 valence electrons. The average molecular weight is 529 g/mol. The highest BCUT2D eigenvalue weighted by molar-refractivity contribution is 14.0. The summed E-state index contributed by atoms with van der Waals surface area (Å²) in [7, 11) is 2.00. The first kappa shape index (κ1) is 25.7. The van der Waals surface area contributed by atoms with E-state index < -0.39 is 6.10 Å². The maximum Gasteiger partial charge on any atom is 0.194 e. The van der Waals surface area contributed by atoms with Crippen molar-refractivity contribution in [3.8, 4) is 0 Å². The van der Waals surface area contributed by atoms with Crippen molar-refractivity contribution in [2.24, 2.45) is 4.99 Å². The highest BCUT2D eigenvalue weighted by atomic mass is 127. The number of nitrogens with one attached hydrogen (secondary N) is 1. The van der Waals surface area contributed by atoms with Crippen LogP contribution in [0, 0.1) is 0 Å². The summed E-state index contributed by atoms with van der Waals surface area (Å²) in [5.74, 6) is 0.776. The second kappa shape index (κ2) is 14.7. The molecule has 0 aliphatic rings. The molecule has 2 aromatic rings. The predicted molar refractivity (Wildman–Crippen MR) is 133 cm³/mol. The Bertz CT molecular complexity index is 714. The first-order chi connectivity index (χ1) is 13.6. The Hall–Kier alpha value is -1.29. The molecule has 0 heterocycles. The smallest absolute Gasteiger partial charge is 0.194 e. The first-order valence-electron chi connectivity index (χ1n) is 9.54. The van der Waals surface area contributed by atoms with Gasteiger partial charge >= 0.3 is 0 Å². The molecule has 0 radical (unpaired) electrons. The van der Waals surface area contributed by atoms with E-state index in [1.165, 1.54) is 10.5 Å². The fraction of sp³-hybridized carbons (Fsp3) is 0.409. The summed E-state index contributed by atoms with van der Waals surface area (Å²) in [6, 6.07) is 18.5. The first-order valence-corrected chi connectivity index (χ1v) is 10.8. The number of thioether (sulfide) groups is 1. The Morgan fingerprint density at radius 1 is 1.14 bits per heavy atom. The number of halogens is 1. The van der Waals surface area contributed by atoms with E-state index in [0.717, 1.165) is 24.6 Å². The van der Waals surface area contributed by atoms with Crippen LogP contribution in [0.4, 0.5) is 0 Å². The van der Waals surface area contributed by atoms with E-state index in [4.69, 9.17) is 4.74 Å². The number of benzene rings is 2. The van der Waals surface area contributed by atoms with E-state index in [1.54, 1.807) is 11.8 Å². The molecule has 2 N–H and O–H groups in total. The van der Waals surface area contributed by atoms with Crippen LogP contribution in [0.25, 0.3) is 0 Å². The number of guanidine groups is 1. The molecule has 0 saturated carbocycles. The van der Waals surface area contributed by atoms with Gasteiger partial charge in [0.2, 0.25) is 0 Å². The molecule has 0 fully saturated rings. The summed E-state index contributed by atoms with van der Waals surface area (Å²) in [6.07, 6.45) is 1.44. The molecule has 2 rings (SSSR count). The van der Waals surface area contributed by atoms with Crippen LogP contribution in [0.5, 0.6) is 0 Å². The van der Waals surface area contributed by atoms with Crippen LogP contribution in [0.1, 0.15) is 18.1 Å². The lowest BCUT2D eigenvalue weighted by Crippen LogP contribution is -2.39. The van der Waals surface area contributed by atoms with E-state index in [1.807, 2.05) is 44.3 Å². The van der Waals surface area contributed by atoms with Gasteiger partial charge in [-0.05, 0) is 36.4 Å². The topological polar surface area (TPSA) is 57.1 Å². The van der Waals surface area contributed by atoms with Gasteiger partial charge in [-0.15, -0.1) is 35.7 Å². The number of aliphatic hydroxyl groups excluding tert-OH is 1. The zero-order valence-electron chi connectivity index (χ0n) is 17.4. The standard InChI is InChI=1S/C22H31N3O2S.HI/c1-4-23-22(25(2)15-18-10-12-21(28-3)13-11-18)24-14-20(26)17-27-16-19-8-6-5-7-9-19;/h5-13,20,26H,4,14-17H2,1-3H3,(H,23,24);1H. The van der Waals surface area contributed by atoms with Gasteiger partial charge in [-0.2, -0.15) is 0 Å². The molecule has 7 heteroatoms. The van der Waals surface area contributed by atoms with Crippen molar-refractivity contribution in [1.82, 2.24) is 10.2 Å². The summed E-state index contributed by atoms with van der Waals surface area (Å²) >= 11 is 1.74. The minimum atomic E-state index is -0.633. The Morgan fingerprint density at radius 2 is 1.83 bits per heavy atom. The van der Waals surface area contributed by atoms with Gasteiger partial charge in [0.05, 0.1) is 25.9 Å². The number of hydrogen-bond donors (Lipinski definition) is 2. The molecule has 0 aliphatic carbocycles. The number of aliphatic hydroxyl groups is 1. The Morgan fingerprint density at radius 3 is 2.45 bits per heavy atom. The van der Waals surface area contributed by atoms with Gasteiger partial charge in [-0.3, -0.25) is 4.99 Å². The highest BCUT2D eigenvalue weighted by Gasteiger charge is 2.09. The van der Waals surface area contributed by atoms with Crippen LogP contribution in [0.15, 0.2) is 64.5 Å². The molecule has 0 saturated heterocycles.